The fourth-order valence-electron chi connectivity index (χ4n) is 1.31. The second-order valence-electron chi connectivity index (χ2n) is 3.20. The SMILES string of the molecule is NCC(CC(=O)O)c1ccc(F)c(Cl)c1. The van der Waals surface area contributed by atoms with Crippen molar-refractivity contribution in [2.24, 2.45) is 5.73 Å². The Morgan fingerprint density at radius 3 is 2.73 bits per heavy atom. The molecule has 5 heteroatoms. The van der Waals surface area contributed by atoms with Gasteiger partial charge in [0.15, 0.2) is 0 Å². The third kappa shape index (κ3) is 3.18. The molecule has 0 saturated carbocycles. The molecule has 0 spiro atoms. The molecule has 1 atom stereocenters. The molecule has 3 N–H and O–H groups in total. The van der Waals surface area contributed by atoms with Crippen molar-refractivity contribution in [2.45, 2.75) is 12.3 Å². The van der Waals surface area contributed by atoms with Crippen LogP contribution in [-0.4, -0.2) is 17.6 Å². The normalized spacial score (nSPS) is 12.5. The standard InChI is InChI=1S/C10H11ClFNO2/c11-8-3-6(1-2-9(8)12)7(5-13)4-10(14)15/h1-3,7H,4-5,13H2,(H,14,15). The van der Waals surface area contributed by atoms with Gasteiger partial charge in [0.2, 0.25) is 0 Å². The van der Waals surface area contributed by atoms with Crippen LogP contribution in [0, 0.1) is 5.82 Å². The number of carbonyl (C=O) groups is 1. The smallest absolute Gasteiger partial charge is 0.304 e. The molecule has 0 radical (unpaired) electrons. The van der Waals surface area contributed by atoms with E-state index in [1.165, 1.54) is 18.2 Å². The van der Waals surface area contributed by atoms with Gasteiger partial charge in [-0.3, -0.25) is 4.79 Å². The van der Waals surface area contributed by atoms with E-state index in [0.29, 0.717) is 5.56 Å². The highest BCUT2D eigenvalue weighted by Crippen LogP contribution is 2.23. The number of hydrogen-bond donors (Lipinski definition) is 2. The third-order valence-corrected chi connectivity index (χ3v) is 2.41. The second kappa shape index (κ2) is 5.09. The zero-order valence-corrected chi connectivity index (χ0v) is 8.67. The van der Waals surface area contributed by atoms with E-state index in [-0.39, 0.29) is 23.9 Å². The van der Waals surface area contributed by atoms with Gasteiger partial charge in [0, 0.05) is 5.92 Å². The molecule has 0 aliphatic heterocycles. The van der Waals surface area contributed by atoms with E-state index in [2.05, 4.69) is 0 Å². The Labute approximate surface area is 91.7 Å². The first-order valence-corrected chi connectivity index (χ1v) is 4.79. The van der Waals surface area contributed by atoms with Crippen LogP contribution in [0.2, 0.25) is 5.02 Å². The molecule has 15 heavy (non-hydrogen) atoms. The lowest BCUT2D eigenvalue weighted by atomic mass is 9.96. The van der Waals surface area contributed by atoms with Crippen molar-refractivity contribution in [2.75, 3.05) is 6.54 Å². The zero-order chi connectivity index (χ0) is 11.4. The summed E-state index contributed by atoms with van der Waals surface area (Å²) in [7, 11) is 0. The molecular formula is C10H11ClFNO2. The summed E-state index contributed by atoms with van der Waals surface area (Å²) in [5.41, 5.74) is 6.09. The second-order valence-corrected chi connectivity index (χ2v) is 3.61. The lowest BCUT2D eigenvalue weighted by Gasteiger charge is -2.12. The highest BCUT2D eigenvalue weighted by atomic mass is 35.5. The number of halogens is 2. The molecule has 3 nitrogen and oxygen atoms in total. The Morgan fingerprint density at radius 1 is 1.60 bits per heavy atom. The molecule has 1 aromatic rings. The molecule has 0 saturated heterocycles. The maximum atomic E-state index is 12.8. The number of nitrogens with two attached hydrogens (primary N) is 1. The van der Waals surface area contributed by atoms with E-state index in [1.807, 2.05) is 0 Å². The van der Waals surface area contributed by atoms with E-state index < -0.39 is 11.8 Å². The molecule has 0 bridgehead atoms. The Hall–Kier alpha value is -1.13. The molecule has 0 aliphatic carbocycles. The van der Waals surface area contributed by atoms with Gasteiger partial charge in [-0.05, 0) is 24.2 Å². The summed E-state index contributed by atoms with van der Waals surface area (Å²) in [6, 6.07) is 4.13. The van der Waals surface area contributed by atoms with Crippen molar-refractivity contribution in [1.29, 1.82) is 0 Å². The minimum atomic E-state index is -0.939. The molecule has 0 heterocycles. The van der Waals surface area contributed by atoms with Gasteiger partial charge in [-0.15, -0.1) is 0 Å². The number of rotatable bonds is 4. The van der Waals surface area contributed by atoms with Crippen molar-refractivity contribution < 1.29 is 14.3 Å². The van der Waals surface area contributed by atoms with Gasteiger partial charge >= 0.3 is 5.97 Å². The predicted octanol–water partition coefficient (Wildman–Crippen LogP) is 2.00. The van der Waals surface area contributed by atoms with Gasteiger partial charge in [0.05, 0.1) is 11.4 Å². The minimum absolute atomic E-state index is 0.0173. The van der Waals surface area contributed by atoms with Crippen LogP contribution in [0.4, 0.5) is 4.39 Å². The molecule has 0 aliphatic rings. The van der Waals surface area contributed by atoms with E-state index in [1.54, 1.807) is 0 Å². The minimum Gasteiger partial charge on any atom is -0.481 e. The van der Waals surface area contributed by atoms with Crippen molar-refractivity contribution >= 4 is 17.6 Å². The van der Waals surface area contributed by atoms with Crippen LogP contribution in [0.5, 0.6) is 0 Å². The van der Waals surface area contributed by atoms with Gasteiger partial charge in [-0.2, -0.15) is 0 Å². The highest BCUT2D eigenvalue weighted by Gasteiger charge is 2.15. The number of carboxylic acids is 1. The van der Waals surface area contributed by atoms with Gasteiger partial charge in [0.25, 0.3) is 0 Å². The van der Waals surface area contributed by atoms with E-state index in [9.17, 15) is 9.18 Å². The maximum absolute atomic E-state index is 12.8. The van der Waals surface area contributed by atoms with E-state index in [4.69, 9.17) is 22.4 Å². The number of aliphatic carboxylic acids is 1. The van der Waals surface area contributed by atoms with Crippen LogP contribution in [0.15, 0.2) is 18.2 Å². The number of benzene rings is 1. The molecular weight excluding hydrogens is 221 g/mol. The average Bonchev–Trinajstić information content (AvgIpc) is 2.18. The summed E-state index contributed by atoms with van der Waals surface area (Å²) >= 11 is 5.59. The van der Waals surface area contributed by atoms with Gasteiger partial charge in [0.1, 0.15) is 5.82 Å². The van der Waals surface area contributed by atoms with Gasteiger partial charge in [-0.25, -0.2) is 4.39 Å². The first-order valence-electron chi connectivity index (χ1n) is 4.41. The fourth-order valence-corrected chi connectivity index (χ4v) is 1.50. The lowest BCUT2D eigenvalue weighted by Crippen LogP contribution is -2.16. The van der Waals surface area contributed by atoms with E-state index in [0.717, 1.165) is 0 Å². The molecule has 1 aromatic carbocycles. The maximum Gasteiger partial charge on any atom is 0.304 e. The predicted molar refractivity (Wildman–Crippen MR) is 55.5 cm³/mol. The first kappa shape index (κ1) is 11.9. The first-order chi connectivity index (χ1) is 7.04. The van der Waals surface area contributed by atoms with Crippen LogP contribution >= 0.6 is 11.6 Å². The Kier molecular flexibility index (Phi) is 4.05. The quantitative estimate of drug-likeness (QED) is 0.833. The summed E-state index contributed by atoms with van der Waals surface area (Å²) in [6.45, 7) is 0.189. The van der Waals surface area contributed by atoms with Crippen LogP contribution in [0.1, 0.15) is 17.9 Å². The van der Waals surface area contributed by atoms with Gasteiger partial charge in [-0.1, -0.05) is 17.7 Å². The van der Waals surface area contributed by atoms with Gasteiger partial charge < -0.3 is 10.8 Å². The summed E-state index contributed by atoms with van der Waals surface area (Å²) in [4.78, 5) is 10.5. The highest BCUT2D eigenvalue weighted by molar-refractivity contribution is 6.30. The molecule has 0 fully saturated rings. The average molecular weight is 232 g/mol. The summed E-state index contributed by atoms with van der Waals surface area (Å²) in [5, 5.41) is 8.62. The molecule has 0 aromatic heterocycles. The lowest BCUT2D eigenvalue weighted by molar-refractivity contribution is -0.137. The zero-order valence-electron chi connectivity index (χ0n) is 7.91. The molecule has 1 rings (SSSR count). The Morgan fingerprint density at radius 2 is 2.27 bits per heavy atom. The fraction of sp³-hybridized carbons (Fsp3) is 0.300. The number of hydrogen-bond acceptors (Lipinski definition) is 2. The van der Waals surface area contributed by atoms with Crippen molar-refractivity contribution in [3.8, 4) is 0 Å². The van der Waals surface area contributed by atoms with E-state index >= 15 is 0 Å². The van der Waals surface area contributed by atoms with Crippen LogP contribution in [0.25, 0.3) is 0 Å². The van der Waals surface area contributed by atoms with Crippen molar-refractivity contribution in [3.05, 3.63) is 34.6 Å². The molecule has 0 amide bonds. The largest absolute Gasteiger partial charge is 0.481 e. The molecule has 82 valence electrons. The topological polar surface area (TPSA) is 63.3 Å². The van der Waals surface area contributed by atoms with Crippen molar-refractivity contribution in [3.63, 3.8) is 0 Å². The molecule has 1 unspecified atom stereocenters. The van der Waals surface area contributed by atoms with Crippen LogP contribution in [0.3, 0.4) is 0 Å². The summed E-state index contributed by atoms with van der Waals surface area (Å²) in [6.07, 6.45) is -0.0849. The Balaban J connectivity index is 2.92. The number of carboxylic acid groups (broad SMARTS) is 1. The van der Waals surface area contributed by atoms with Crippen molar-refractivity contribution in [1.82, 2.24) is 0 Å². The monoisotopic (exact) mass is 231 g/mol. The summed E-state index contributed by atoms with van der Waals surface area (Å²) < 4.78 is 12.8. The Bertz CT molecular complexity index is 370. The summed E-state index contributed by atoms with van der Waals surface area (Å²) in [5.74, 6) is -1.79. The third-order valence-electron chi connectivity index (χ3n) is 2.12. The van der Waals surface area contributed by atoms with Crippen LogP contribution in [-0.2, 0) is 4.79 Å². The van der Waals surface area contributed by atoms with Crippen LogP contribution < -0.4 is 5.73 Å².